The molecule has 1 rings (SSSR count). The summed E-state index contributed by atoms with van der Waals surface area (Å²) in [4.78, 5) is 0. The monoisotopic (exact) mass is 252 g/mol. The molecule has 0 N–H and O–H groups in total. The molecule has 3 heteroatoms. The molecule has 1 aromatic rings. The molecule has 0 amide bonds. The minimum Gasteiger partial charge on any atom is -0.393 e. The summed E-state index contributed by atoms with van der Waals surface area (Å²) in [5.74, 6) is 0. The topological polar surface area (TPSA) is 18.5 Å². The second-order valence-corrected chi connectivity index (χ2v) is 6.49. The summed E-state index contributed by atoms with van der Waals surface area (Å²) in [6.07, 6.45) is 2.09. The maximum Gasteiger partial charge on any atom is 0.355 e. The predicted molar refractivity (Wildman–Crippen MR) is 75.2 cm³/mol. The zero-order chi connectivity index (χ0) is 12.7. The van der Waals surface area contributed by atoms with Gasteiger partial charge in [0.2, 0.25) is 0 Å². The maximum atomic E-state index is 5.91. The molecule has 17 heavy (non-hydrogen) atoms. The quantitative estimate of drug-likeness (QED) is 0.695. The van der Waals surface area contributed by atoms with E-state index >= 15 is 0 Å². The van der Waals surface area contributed by atoms with E-state index in [4.69, 9.17) is 8.85 Å². The van der Waals surface area contributed by atoms with Crippen LogP contribution in [-0.2, 0) is 8.85 Å². The molecule has 0 spiro atoms. The summed E-state index contributed by atoms with van der Waals surface area (Å²) in [5.41, 5.74) is 2.58. The first-order chi connectivity index (χ1) is 8.17. The number of rotatable bonds is 7. The van der Waals surface area contributed by atoms with Crippen LogP contribution in [0.1, 0.15) is 37.8 Å². The normalized spacial score (nSPS) is 11.1. The number of aryl methyl sites for hydroxylation is 2. The van der Waals surface area contributed by atoms with Crippen molar-refractivity contribution in [2.24, 2.45) is 0 Å². The van der Waals surface area contributed by atoms with Crippen molar-refractivity contribution in [3.8, 4) is 0 Å². The van der Waals surface area contributed by atoms with Gasteiger partial charge in [0, 0.05) is 13.2 Å². The average molecular weight is 252 g/mol. The Labute approximate surface area is 107 Å². The van der Waals surface area contributed by atoms with Crippen molar-refractivity contribution in [1.29, 1.82) is 0 Å². The fourth-order valence-corrected chi connectivity index (χ4v) is 4.01. The molecular formula is C14H24O2Si. The molecule has 2 nitrogen and oxygen atoms in total. The van der Waals surface area contributed by atoms with Crippen molar-refractivity contribution < 1.29 is 8.85 Å². The summed E-state index contributed by atoms with van der Waals surface area (Å²) in [5, 5.41) is 1.27. The second kappa shape index (κ2) is 7.64. The lowest BCUT2D eigenvalue weighted by Gasteiger charge is -2.17. The standard InChI is InChI=1S/C14H24O2Si/c1-5-7-15-17(16-8-6-2)14-10-12(3)9-13(4)11-14/h9-11,17H,5-8H2,1-4H3. The van der Waals surface area contributed by atoms with Crippen LogP contribution in [0.4, 0.5) is 0 Å². The first-order valence-corrected chi connectivity index (χ1v) is 8.00. The van der Waals surface area contributed by atoms with Crippen LogP contribution < -0.4 is 5.19 Å². The molecule has 0 aliphatic carbocycles. The minimum atomic E-state index is -1.68. The van der Waals surface area contributed by atoms with Gasteiger partial charge >= 0.3 is 9.28 Å². The van der Waals surface area contributed by atoms with Crippen LogP contribution in [0, 0.1) is 13.8 Å². The van der Waals surface area contributed by atoms with Crippen LogP contribution in [0.2, 0.25) is 0 Å². The van der Waals surface area contributed by atoms with E-state index in [0.29, 0.717) is 0 Å². The van der Waals surface area contributed by atoms with Crippen molar-refractivity contribution in [3.63, 3.8) is 0 Å². The average Bonchev–Trinajstić information content (AvgIpc) is 2.28. The van der Waals surface area contributed by atoms with Crippen LogP contribution in [0.3, 0.4) is 0 Å². The minimum absolute atomic E-state index is 0.799. The van der Waals surface area contributed by atoms with Gasteiger partial charge in [-0.2, -0.15) is 0 Å². The van der Waals surface area contributed by atoms with Crippen molar-refractivity contribution in [2.45, 2.75) is 40.5 Å². The van der Waals surface area contributed by atoms with E-state index < -0.39 is 9.28 Å². The Kier molecular flexibility index (Phi) is 6.48. The van der Waals surface area contributed by atoms with Crippen molar-refractivity contribution in [3.05, 3.63) is 29.3 Å². The lowest BCUT2D eigenvalue weighted by Crippen LogP contribution is -2.38. The van der Waals surface area contributed by atoms with Crippen molar-refractivity contribution in [1.82, 2.24) is 0 Å². The molecule has 0 aliphatic heterocycles. The molecule has 0 fully saturated rings. The molecule has 0 atom stereocenters. The Morgan fingerprint density at radius 2 is 1.35 bits per heavy atom. The lowest BCUT2D eigenvalue weighted by molar-refractivity contribution is 0.207. The summed E-state index contributed by atoms with van der Waals surface area (Å²) >= 11 is 0. The highest BCUT2D eigenvalue weighted by Crippen LogP contribution is 2.03. The second-order valence-electron chi connectivity index (χ2n) is 4.49. The van der Waals surface area contributed by atoms with E-state index in [1.165, 1.54) is 16.3 Å². The van der Waals surface area contributed by atoms with Gasteiger partial charge in [0.05, 0.1) is 0 Å². The summed E-state index contributed by atoms with van der Waals surface area (Å²) in [7, 11) is -1.68. The van der Waals surface area contributed by atoms with Gasteiger partial charge in [-0.05, 0) is 31.9 Å². The third-order valence-electron chi connectivity index (χ3n) is 2.46. The van der Waals surface area contributed by atoms with E-state index in [2.05, 4.69) is 45.9 Å². The van der Waals surface area contributed by atoms with Crippen molar-refractivity contribution in [2.75, 3.05) is 13.2 Å². The number of hydrogen-bond acceptors (Lipinski definition) is 2. The van der Waals surface area contributed by atoms with E-state index in [-0.39, 0.29) is 0 Å². The SMILES string of the molecule is CCCO[SiH](OCCC)c1cc(C)cc(C)c1. The highest BCUT2D eigenvalue weighted by molar-refractivity contribution is 6.61. The van der Waals surface area contributed by atoms with Crippen LogP contribution >= 0.6 is 0 Å². The van der Waals surface area contributed by atoms with Crippen LogP contribution in [0.15, 0.2) is 18.2 Å². The van der Waals surface area contributed by atoms with Gasteiger partial charge in [0.25, 0.3) is 0 Å². The third-order valence-corrected chi connectivity index (χ3v) is 4.42. The van der Waals surface area contributed by atoms with Crippen molar-refractivity contribution >= 4 is 14.5 Å². The summed E-state index contributed by atoms with van der Waals surface area (Å²) in [6, 6.07) is 6.60. The Bertz CT molecular complexity index is 311. The molecule has 0 radical (unpaired) electrons. The van der Waals surface area contributed by atoms with Gasteiger partial charge in [-0.3, -0.25) is 0 Å². The van der Waals surface area contributed by atoms with Gasteiger partial charge in [-0.25, -0.2) is 0 Å². The number of hydrogen-bond donors (Lipinski definition) is 0. The highest BCUT2D eigenvalue weighted by Gasteiger charge is 2.16. The first-order valence-electron chi connectivity index (χ1n) is 6.48. The Hall–Kier alpha value is -0.643. The Morgan fingerprint density at radius 3 is 1.76 bits per heavy atom. The van der Waals surface area contributed by atoms with Crippen LogP contribution in [0.25, 0.3) is 0 Å². The molecule has 0 unspecified atom stereocenters. The largest absolute Gasteiger partial charge is 0.393 e. The van der Waals surface area contributed by atoms with E-state index in [0.717, 1.165) is 26.1 Å². The molecule has 1 aromatic carbocycles. The predicted octanol–water partition coefficient (Wildman–Crippen LogP) is 2.58. The zero-order valence-electron chi connectivity index (χ0n) is 11.5. The molecule has 0 heterocycles. The molecular weight excluding hydrogens is 228 g/mol. The highest BCUT2D eigenvalue weighted by atomic mass is 28.3. The van der Waals surface area contributed by atoms with Gasteiger partial charge in [0.15, 0.2) is 0 Å². The van der Waals surface area contributed by atoms with E-state index in [9.17, 15) is 0 Å². The van der Waals surface area contributed by atoms with E-state index in [1.54, 1.807) is 0 Å². The zero-order valence-corrected chi connectivity index (χ0v) is 12.6. The third kappa shape index (κ3) is 5.02. The fourth-order valence-electron chi connectivity index (χ4n) is 1.84. The molecule has 0 bridgehead atoms. The Morgan fingerprint density at radius 1 is 0.882 bits per heavy atom. The molecule has 0 aliphatic rings. The van der Waals surface area contributed by atoms with Gasteiger partial charge in [-0.15, -0.1) is 0 Å². The summed E-state index contributed by atoms with van der Waals surface area (Å²) < 4.78 is 11.8. The Balaban J connectivity index is 2.78. The first kappa shape index (κ1) is 14.4. The fraction of sp³-hybridized carbons (Fsp3) is 0.571. The molecule has 0 aromatic heterocycles. The molecule has 96 valence electrons. The lowest BCUT2D eigenvalue weighted by atomic mass is 10.2. The molecule has 0 saturated heterocycles. The van der Waals surface area contributed by atoms with E-state index in [1.807, 2.05) is 0 Å². The van der Waals surface area contributed by atoms with Crippen LogP contribution in [0.5, 0.6) is 0 Å². The van der Waals surface area contributed by atoms with Gasteiger partial charge in [-0.1, -0.05) is 43.2 Å². The molecule has 0 saturated carbocycles. The summed E-state index contributed by atoms with van der Waals surface area (Å²) in [6.45, 7) is 10.1. The maximum absolute atomic E-state index is 5.91. The number of benzene rings is 1. The van der Waals surface area contributed by atoms with Gasteiger partial charge < -0.3 is 8.85 Å². The smallest absolute Gasteiger partial charge is 0.355 e. The van der Waals surface area contributed by atoms with Crippen LogP contribution in [-0.4, -0.2) is 22.5 Å². The van der Waals surface area contributed by atoms with Gasteiger partial charge in [0.1, 0.15) is 0 Å².